The number of anilines is 2. The van der Waals surface area contributed by atoms with Gasteiger partial charge in [-0.05, 0) is 134 Å². The van der Waals surface area contributed by atoms with Crippen molar-refractivity contribution in [1.29, 1.82) is 0 Å². The molecule has 5 aromatic carbocycles. The average molecular weight is 887 g/mol. The summed E-state index contributed by atoms with van der Waals surface area (Å²) in [4.78, 5) is 14.3. The predicted octanol–water partition coefficient (Wildman–Crippen LogP) is 14.9. The minimum absolute atomic E-state index is 0.0189. The molecule has 0 radical (unpaired) electrons. The number of benzene rings is 5. The molecule has 0 saturated carbocycles. The molecule has 0 unspecified atom stereocenters. The van der Waals surface area contributed by atoms with E-state index in [0.29, 0.717) is 30.9 Å². The van der Waals surface area contributed by atoms with Crippen LogP contribution in [0.4, 0.5) is 11.4 Å². The number of halogens is 4. The standard InChI is InChI=1S/C50H52Cl4N2O4/c1-7-35(8-2)55-37-21-13-31(14-22-37)41(33-17-25-39(26-18-33)58-11-5)29-50(44-43(49(57)60-50)45(51)47(53)48(54)46(44)52)30-42(34-19-27-40(28-20-34)59-12-6)32-15-23-38(24-16-32)56-36(9-3)10-4/h13-30,35-36,55-56H,7-12H2,1-6H3/b41-29-,42-30-. The van der Waals surface area contributed by atoms with Gasteiger partial charge in [0.15, 0.2) is 5.60 Å². The number of esters is 1. The van der Waals surface area contributed by atoms with Crippen LogP contribution < -0.4 is 20.1 Å². The van der Waals surface area contributed by atoms with Crippen molar-refractivity contribution in [2.75, 3.05) is 23.8 Å². The summed E-state index contributed by atoms with van der Waals surface area (Å²) in [5.41, 5.74) is 5.65. The van der Waals surface area contributed by atoms with E-state index < -0.39 is 11.6 Å². The summed E-state index contributed by atoms with van der Waals surface area (Å²) in [7, 11) is 0. The number of fused-ring (bicyclic) bond motifs is 1. The molecule has 1 aliphatic heterocycles. The predicted molar refractivity (Wildman–Crippen MR) is 252 cm³/mol. The highest BCUT2D eigenvalue weighted by Crippen LogP contribution is 2.53. The van der Waals surface area contributed by atoms with E-state index in [2.05, 4.69) is 86.9 Å². The summed E-state index contributed by atoms with van der Waals surface area (Å²) in [6, 6.07) is 32.9. The van der Waals surface area contributed by atoms with Crippen LogP contribution >= 0.6 is 46.4 Å². The monoisotopic (exact) mass is 884 g/mol. The van der Waals surface area contributed by atoms with E-state index in [1.165, 1.54) is 0 Å². The van der Waals surface area contributed by atoms with Gasteiger partial charge < -0.3 is 24.8 Å². The van der Waals surface area contributed by atoms with Crippen LogP contribution in [0.15, 0.2) is 109 Å². The first-order chi connectivity index (χ1) is 29.0. The third kappa shape index (κ3) is 9.79. The Balaban J connectivity index is 1.67. The molecule has 0 amide bonds. The summed E-state index contributed by atoms with van der Waals surface area (Å²) in [6.07, 6.45) is 7.86. The van der Waals surface area contributed by atoms with E-state index in [9.17, 15) is 4.79 Å². The molecule has 1 aliphatic rings. The number of nitrogens with one attached hydrogen (secondary N) is 2. The van der Waals surface area contributed by atoms with Gasteiger partial charge in [0.05, 0.1) is 38.9 Å². The van der Waals surface area contributed by atoms with Crippen LogP contribution in [-0.2, 0) is 10.3 Å². The lowest BCUT2D eigenvalue weighted by Gasteiger charge is -2.27. The fourth-order valence-electron chi connectivity index (χ4n) is 7.53. The number of cyclic esters (lactones) is 1. The molecule has 0 aromatic heterocycles. The zero-order chi connectivity index (χ0) is 43.0. The molecule has 0 spiro atoms. The van der Waals surface area contributed by atoms with Gasteiger partial charge in [-0.15, -0.1) is 0 Å². The lowest BCUT2D eigenvalue weighted by atomic mass is 9.83. The summed E-state index contributed by atoms with van der Waals surface area (Å²) in [5, 5.41) is 7.30. The van der Waals surface area contributed by atoms with E-state index >= 15 is 0 Å². The van der Waals surface area contributed by atoms with E-state index in [4.69, 9.17) is 60.6 Å². The van der Waals surface area contributed by atoms with Gasteiger partial charge in [-0.25, -0.2) is 4.79 Å². The summed E-state index contributed by atoms with van der Waals surface area (Å²) < 4.78 is 18.3. The molecule has 0 atom stereocenters. The topological polar surface area (TPSA) is 68.8 Å². The summed E-state index contributed by atoms with van der Waals surface area (Å²) in [5.74, 6) is 0.775. The van der Waals surface area contributed by atoms with Crippen LogP contribution in [0.2, 0.25) is 20.1 Å². The summed E-state index contributed by atoms with van der Waals surface area (Å²) >= 11 is 27.6. The Kier molecular flexibility index (Phi) is 15.2. The van der Waals surface area contributed by atoms with Gasteiger partial charge in [0.2, 0.25) is 0 Å². The first kappa shape index (κ1) is 44.9. The van der Waals surface area contributed by atoms with Crippen LogP contribution in [0.1, 0.15) is 105 Å². The molecule has 314 valence electrons. The molecule has 6 nitrogen and oxygen atoms in total. The molecule has 60 heavy (non-hydrogen) atoms. The van der Waals surface area contributed by atoms with Crippen LogP contribution in [0, 0.1) is 0 Å². The second kappa shape index (κ2) is 20.3. The molecule has 2 N–H and O–H groups in total. The van der Waals surface area contributed by atoms with Crippen molar-refractivity contribution < 1.29 is 19.0 Å². The Morgan fingerprint density at radius 3 is 1.25 bits per heavy atom. The number of carbonyl (C=O) groups excluding carboxylic acids is 1. The Bertz CT molecular complexity index is 2190. The van der Waals surface area contributed by atoms with Crippen LogP contribution in [0.3, 0.4) is 0 Å². The molecule has 0 aliphatic carbocycles. The maximum Gasteiger partial charge on any atom is 0.341 e. The SMILES string of the molecule is CCOc1ccc(/C(=C\C2(/C=C(/c3ccc(NC(CC)CC)cc3)c3ccc(OCC)cc3)OC(=O)c3c(Cl)c(Cl)c(Cl)c(Cl)c32)c2ccc(NC(CC)CC)cc2)cc1. The van der Waals surface area contributed by atoms with Gasteiger partial charge in [-0.3, -0.25) is 0 Å². The molecule has 1 heterocycles. The van der Waals surface area contributed by atoms with Gasteiger partial charge in [0, 0.05) is 29.0 Å². The minimum atomic E-state index is -1.65. The van der Waals surface area contributed by atoms with Crippen molar-refractivity contribution in [3.63, 3.8) is 0 Å². The lowest BCUT2D eigenvalue weighted by Crippen LogP contribution is -2.23. The van der Waals surface area contributed by atoms with E-state index in [-0.39, 0.29) is 25.7 Å². The Hall–Kier alpha value is -4.59. The molecule has 5 aromatic rings. The van der Waals surface area contributed by atoms with E-state index in [0.717, 1.165) is 82.0 Å². The summed E-state index contributed by atoms with van der Waals surface area (Å²) in [6.45, 7) is 13.6. The smallest absolute Gasteiger partial charge is 0.341 e. The molecular weight excluding hydrogens is 834 g/mol. The molecule has 0 bridgehead atoms. The van der Waals surface area contributed by atoms with Gasteiger partial charge in [-0.1, -0.05) is 123 Å². The quantitative estimate of drug-likeness (QED) is 0.0519. The van der Waals surface area contributed by atoms with Crippen LogP contribution in [-0.4, -0.2) is 31.3 Å². The van der Waals surface area contributed by atoms with Crippen molar-refractivity contribution in [3.8, 4) is 11.5 Å². The molecule has 6 rings (SSSR count). The molecular formula is C50H52Cl4N2O4. The Morgan fingerprint density at radius 2 is 0.900 bits per heavy atom. The second-order valence-electron chi connectivity index (χ2n) is 14.7. The number of hydrogen-bond donors (Lipinski definition) is 2. The zero-order valence-corrected chi connectivity index (χ0v) is 38.0. The number of ether oxygens (including phenoxy) is 3. The highest BCUT2D eigenvalue weighted by atomic mass is 35.5. The minimum Gasteiger partial charge on any atom is -0.494 e. The second-order valence-corrected chi connectivity index (χ2v) is 16.2. The number of rotatable bonds is 18. The fourth-order valence-corrected chi connectivity index (χ4v) is 8.61. The van der Waals surface area contributed by atoms with Gasteiger partial charge in [0.1, 0.15) is 11.5 Å². The highest BCUT2D eigenvalue weighted by molar-refractivity contribution is 6.53. The highest BCUT2D eigenvalue weighted by Gasteiger charge is 2.48. The van der Waals surface area contributed by atoms with Gasteiger partial charge in [0.25, 0.3) is 0 Å². The van der Waals surface area contributed by atoms with Crippen molar-refractivity contribution in [1.82, 2.24) is 0 Å². The van der Waals surface area contributed by atoms with E-state index in [1.54, 1.807) is 0 Å². The third-order valence-electron chi connectivity index (χ3n) is 10.9. The lowest BCUT2D eigenvalue weighted by molar-refractivity contribution is 0.0300. The normalized spacial score (nSPS) is 15.3. The van der Waals surface area contributed by atoms with Crippen LogP contribution in [0.5, 0.6) is 11.5 Å². The first-order valence-corrected chi connectivity index (χ1v) is 22.3. The average Bonchev–Trinajstić information content (AvgIpc) is 3.56. The Labute approximate surface area is 374 Å². The van der Waals surface area contributed by atoms with Crippen molar-refractivity contribution in [3.05, 3.63) is 163 Å². The fraction of sp³-hybridized carbons (Fsp3) is 0.300. The first-order valence-electron chi connectivity index (χ1n) is 20.7. The molecule has 0 fully saturated rings. The Morgan fingerprint density at radius 1 is 0.550 bits per heavy atom. The van der Waals surface area contributed by atoms with Gasteiger partial charge >= 0.3 is 5.97 Å². The van der Waals surface area contributed by atoms with Gasteiger partial charge in [-0.2, -0.15) is 0 Å². The van der Waals surface area contributed by atoms with Crippen molar-refractivity contribution in [2.45, 2.75) is 84.9 Å². The maximum atomic E-state index is 14.3. The number of hydrogen-bond acceptors (Lipinski definition) is 6. The number of carbonyl (C=O) groups is 1. The largest absolute Gasteiger partial charge is 0.494 e. The van der Waals surface area contributed by atoms with Crippen molar-refractivity contribution in [2.24, 2.45) is 0 Å². The zero-order valence-electron chi connectivity index (χ0n) is 34.9. The van der Waals surface area contributed by atoms with Crippen LogP contribution in [0.25, 0.3) is 11.1 Å². The maximum absolute atomic E-state index is 14.3. The van der Waals surface area contributed by atoms with Crippen molar-refractivity contribution >= 4 is 74.9 Å². The molecule has 10 heteroatoms. The van der Waals surface area contributed by atoms with E-state index in [1.807, 2.05) is 74.5 Å². The third-order valence-corrected chi connectivity index (χ3v) is 12.7. The molecule has 0 saturated heterocycles.